The van der Waals surface area contributed by atoms with Gasteiger partial charge in [-0.25, -0.2) is 0 Å². The highest BCUT2D eigenvalue weighted by molar-refractivity contribution is 4.82. The normalized spacial score (nSPS) is 25.2. The zero-order valence-electron chi connectivity index (χ0n) is 14.8. The summed E-state index contributed by atoms with van der Waals surface area (Å²) in [6.45, 7) is 19.2. The van der Waals surface area contributed by atoms with Gasteiger partial charge in [0, 0.05) is 6.04 Å². The summed E-state index contributed by atoms with van der Waals surface area (Å²) < 4.78 is 0. The third kappa shape index (κ3) is 5.73. The molecule has 0 aromatic carbocycles. The van der Waals surface area contributed by atoms with Crippen LogP contribution in [0, 0.1) is 17.3 Å². The van der Waals surface area contributed by atoms with Gasteiger partial charge < -0.3 is 10.2 Å². The van der Waals surface area contributed by atoms with Crippen LogP contribution in [0.1, 0.15) is 67.2 Å². The van der Waals surface area contributed by atoms with E-state index in [0.29, 0.717) is 11.5 Å². The molecule has 0 amide bonds. The molecule has 3 unspecified atom stereocenters. The van der Waals surface area contributed by atoms with Crippen LogP contribution in [-0.4, -0.2) is 37.1 Å². The van der Waals surface area contributed by atoms with E-state index in [1.54, 1.807) is 0 Å². The maximum absolute atomic E-state index is 3.58. The van der Waals surface area contributed by atoms with E-state index in [4.69, 9.17) is 0 Å². The summed E-state index contributed by atoms with van der Waals surface area (Å²) in [5.74, 6) is 1.64. The predicted molar refractivity (Wildman–Crippen MR) is 90.2 cm³/mol. The van der Waals surface area contributed by atoms with Gasteiger partial charge in [0.25, 0.3) is 0 Å². The fourth-order valence-corrected chi connectivity index (χ4v) is 3.43. The summed E-state index contributed by atoms with van der Waals surface area (Å²) >= 11 is 0. The van der Waals surface area contributed by atoms with Crippen LogP contribution >= 0.6 is 0 Å². The van der Waals surface area contributed by atoms with Crippen molar-refractivity contribution in [3.63, 3.8) is 0 Å². The minimum absolute atomic E-state index is 0.480. The standard InChI is InChI=1S/C18H38N2/c1-7-11-19-14-15(2)16(3)20-12-8-9-17(10-13-20)18(4,5)6/h15-17,19H,7-14H2,1-6H3. The van der Waals surface area contributed by atoms with Crippen LogP contribution in [0.2, 0.25) is 0 Å². The SMILES string of the molecule is CCCNCC(C)C(C)N1CCCC(C(C)(C)C)CC1. The fraction of sp³-hybridized carbons (Fsp3) is 1.00. The Kier molecular flexibility index (Phi) is 7.53. The van der Waals surface area contributed by atoms with Crippen LogP contribution in [0.15, 0.2) is 0 Å². The summed E-state index contributed by atoms with van der Waals surface area (Å²) in [5.41, 5.74) is 0.480. The van der Waals surface area contributed by atoms with Gasteiger partial charge in [-0.05, 0) is 76.0 Å². The minimum atomic E-state index is 0.480. The summed E-state index contributed by atoms with van der Waals surface area (Å²) in [5, 5.41) is 3.58. The first kappa shape index (κ1) is 18.0. The molecule has 0 saturated carbocycles. The largest absolute Gasteiger partial charge is 0.316 e. The van der Waals surface area contributed by atoms with E-state index in [1.807, 2.05) is 0 Å². The van der Waals surface area contributed by atoms with E-state index in [9.17, 15) is 0 Å². The molecule has 1 fully saturated rings. The van der Waals surface area contributed by atoms with Crippen LogP contribution in [0.5, 0.6) is 0 Å². The molecule has 1 N–H and O–H groups in total. The highest BCUT2D eigenvalue weighted by Crippen LogP contribution is 2.34. The number of nitrogens with one attached hydrogen (secondary N) is 1. The van der Waals surface area contributed by atoms with Crippen molar-refractivity contribution in [1.29, 1.82) is 0 Å². The smallest absolute Gasteiger partial charge is 0.0105 e. The summed E-state index contributed by atoms with van der Waals surface area (Å²) in [6, 6.07) is 0.707. The average Bonchev–Trinajstić information content (AvgIpc) is 2.63. The Morgan fingerprint density at radius 3 is 2.45 bits per heavy atom. The van der Waals surface area contributed by atoms with Gasteiger partial charge in [0.2, 0.25) is 0 Å². The second kappa shape index (κ2) is 8.38. The van der Waals surface area contributed by atoms with Gasteiger partial charge in [-0.3, -0.25) is 0 Å². The van der Waals surface area contributed by atoms with Crippen molar-refractivity contribution >= 4 is 0 Å². The zero-order valence-corrected chi connectivity index (χ0v) is 14.8. The molecule has 120 valence electrons. The van der Waals surface area contributed by atoms with Crippen molar-refractivity contribution in [3.8, 4) is 0 Å². The van der Waals surface area contributed by atoms with Gasteiger partial charge in [-0.15, -0.1) is 0 Å². The maximum Gasteiger partial charge on any atom is 0.0105 e. The lowest BCUT2D eigenvalue weighted by Gasteiger charge is -2.33. The number of hydrogen-bond acceptors (Lipinski definition) is 2. The van der Waals surface area contributed by atoms with Gasteiger partial charge in [-0.1, -0.05) is 34.6 Å². The molecule has 0 radical (unpaired) electrons. The van der Waals surface area contributed by atoms with Crippen LogP contribution in [0.4, 0.5) is 0 Å². The highest BCUT2D eigenvalue weighted by atomic mass is 15.2. The summed E-state index contributed by atoms with van der Waals surface area (Å²) in [7, 11) is 0. The molecule has 0 aromatic rings. The van der Waals surface area contributed by atoms with E-state index in [2.05, 4.69) is 51.8 Å². The molecule has 20 heavy (non-hydrogen) atoms. The summed E-state index contributed by atoms with van der Waals surface area (Å²) in [6.07, 6.45) is 5.40. The molecular formula is C18H38N2. The molecule has 3 atom stereocenters. The lowest BCUT2D eigenvalue weighted by atomic mass is 9.77. The molecule has 0 bridgehead atoms. The molecule has 0 spiro atoms. The van der Waals surface area contributed by atoms with Gasteiger partial charge >= 0.3 is 0 Å². The average molecular weight is 283 g/mol. The van der Waals surface area contributed by atoms with Crippen molar-refractivity contribution in [2.75, 3.05) is 26.2 Å². The van der Waals surface area contributed by atoms with E-state index >= 15 is 0 Å². The van der Waals surface area contributed by atoms with Crippen molar-refractivity contribution in [1.82, 2.24) is 10.2 Å². The molecule has 0 aliphatic carbocycles. The molecule has 1 rings (SSSR count). The van der Waals surface area contributed by atoms with Crippen LogP contribution < -0.4 is 5.32 Å². The van der Waals surface area contributed by atoms with Crippen LogP contribution in [0.3, 0.4) is 0 Å². The second-order valence-corrected chi connectivity index (χ2v) is 7.95. The Morgan fingerprint density at radius 2 is 1.85 bits per heavy atom. The van der Waals surface area contributed by atoms with Gasteiger partial charge in [0.1, 0.15) is 0 Å². The Bertz CT molecular complexity index is 257. The molecule has 1 aliphatic rings. The third-order valence-corrected chi connectivity index (χ3v) is 5.28. The lowest BCUT2D eigenvalue weighted by molar-refractivity contribution is 0.154. The Labute approximate surface area is 127 Å². The summed E-state index contributed by atoms with van der Waals surface area (Å²) in [4.78, 5) is 2.74. The van der Waals surface area contributed by atoms with Crippen LogP contribution in [-0.2, 0) is 0 Å². The first-order valence-electron chi connectivity index (χ1n) is 8.81. The molecule has 0 aromatic heterocycles. The van der Waals surface area contributed by atoms with Gasteiger partial charge in [-0.2, -0.15) is 0 Å². The first-order chi connectivity index (χ1) is 9.36. The molecule has 2 nitrogen and oxygen atoms in total. The maximum atomic E-state index is 3.58. The number of likely N-dealkylation sites (tertiary alicyclic amines) is 1. The van der Waals surface area contributed by atoms with Crippen molar-refractivity contribution < 1.29 is 0 Å². The van der Waals surface area contributed by atoms with Crippen LogP contribution in [0.25, 0.3) is 0 Å². The Balaban J connectivity index is 2.43. The minimum Gasteiger partial charge on any atom is -0.316 e. The van der Waals surface area contributed by atoms with Gasteiger partial charge in [0.15, 0.2) is 0 Å². The molecule has 2 heteroatoms. The first-order valence-corrected chi connectivity index (χ1v) is 8.81. The third-order valence-electron chi connectivity index (χ3n) is 5.28. The van der Waals surface area contributed by atoms with Crippen molar-refractivity contribution in [2.24, 2.45) is 17.3 Å². The van der Waals surface area contributed by atoms with E-state index < -0.39 is 0 Å². The number of nitrogens with zero attached hydrogens (tertiary/aromatic N) is 1. The van der Waals surface area contributed by atoms with Gasteiger partial charge in [0.05, 0.1) is 0 Å². The Morgan fingerprint density at radius 1 is 1.15 bits per heavy atom. The van der Waals surface area contributed by atoms with E-state index in [-0.39, 0.29) is 0 Å². The Hall–Kier alpha value is -0.0800. The van der Waals surface area contributed by atoms with Crippen molar-refractivity contribution in [2.45, 2.75) is 73.3 Å². The number of hydrogen-bond donors (Lipinski definition) is 1. The second-order valence-electron chi connectivity index (χ2n) is 7.95. The topological polar surface area (TPSA) is 15.3 Å². The molecule has 1 heterocycles. The lowest BCUT2D eigenvalue weighted by Crippen LogP contribution is -2.42. The monoisotopic (exact) mass is 282 g/mol. The molecular weight excluding hydrogens is 244 g/mol. The number of rotatable bonds is 6. The molecule has 1 saturated heterocycles. The highest BCUT2D eigenvalue weighted by Gasteiger charge is 2.29. The quantitative estimate of drug-likeness (QED) is 0.736. The van der Waals surface area contributed by atoms with Crippen molar-refractivity contribution in [3.05, 3.63) is 0 Å². The zero-order chi connectivity index (χ0) is 15.2. The molecule has 1 aliphatic heterocycles. The van der Waals surface area contributed by atoms with E-state index in [0.717, 1.165) is 24.9 Å². The fourth-order valence-electron chi connectivity index (χ4n) is 3.43. The van der Waals surface area contributed by atoms with E-state index in [1.165, 1.54) is 38.8 Å². The predicted octanol–water partition coefficient (Wildman–Crippen LogP) is 4.16.